The van der Waals surface area contributed by atoms with E-state index in [1.807, 2.05) is 0 Å². The normalized spacial score (nSPS) is 18.3. The molecule has 0 aliphatic heterocycles. The lowest BCUT2D eigenvalue weighted by Crippen LogP contribution is -2.17. The number of nitrogen functional groups attached to an aromatic ring is 1. The minimum Gasteiger partial charge on any atom is -0.368 e. The summed E-state index contributed by atoms with van der Waals surface area (Å²) in [5, 5.41) is 3.32. The predicted octanol–water partition coefficient (Wildman–Crippen LogP) is 1.79. The van der Waals surface area contributed by atoms with Crippen molar-refractivity contribution < 1.29 is 0 Å². The van der Waals surface area contributed by atoms with Crippen LogP contribution in [-0.4, -0.2) is 15.5 Å². The average Bonchev–Trinajstić information content (AvgIpc) is 2.76. The van der Waals surface area contributed by atoms with Gasteiger partial charge in [-0.3, -0.25) is 0 Å². The summed E-state index contributed by atoms with van der Waals surface area (Å²) in [4.78, 5) is 7.98. The zero-order chi connectivity index (χ0) is 9.47. The molecule has 70 valence electrons. The zero-order valence-corrected chi connectivity index (χ0v) is 8.93. The Morgan fingerprint density at radius 2 is 2.31 bits per heavy atom. The highest BCUT2D eigenvalue weighted by atomic mass is 79.9. The summed E-state index contributed by atoms with van der Waals surface area (Å²) < 4.78 is 0.856. The first-order chi connectivity index (χ1) is 6.09. The Labute approximate surface area is 85.1 Å². The molecule has 0 bridgehead atoms. The molecule has 3 N–H and O–H groups in total. The van der Waals surface area contributed by atoms with Gasteiger partial charge in [0, 0.05) is 11.7 Å². The Hall–Kier alpha value is -0.840. The highest BCUT2D eigenvalue weighted by Gasteiger charge is 2.37. The summed E-state index contributed by atoms with van der Waals surface area (Å²) in [5.74, 6) is 1.09. The highest BCUT2D eigenvalue weighted by molar-refractivity contribution is 9.10. The van der Waals surface area contributed by atoms with Crippen molar-refractivity contribution in [2.24, 2.45) is 0 Å². The Morgan fingerprint density at radius 3 is 2.92 bits per heavy atom. The van der Waals surface area contributed by atoms with Gasteiger partial charge >= 0.3 is 0 Å². The van der Waals surface area contributed by atoms with E-state index in [9.17, 15) is 0 Å². The standard InChI is InChI=1S/C8H11BrN4/c1-8(2-3-8)13-6-5(9)4-11-7(10)12-6/h4H,2-3H2,1H3,(H3,10,11,12,13). The molecule has 13 heavy (non-hydrogen) atoms. The van der Waals surface area contributed by atoms with Crippen molar-refractivity contribution in [2.75, 3.05) is 11.1 Å². The molecule has 0 aromatic carbocycles. The van der Waals surface area contributed by atoms with E-state index >= 15 is 0 Å². The molecule has 1 aliphatic carbocycles. The molecule has 0 radical (unpaired) electrons. The van der Waals surface area contributed by atoms with Gasteiger partial charge in [0.1, 0.15) is 5.82 Å². The molecule has 1 heterocycles. The topological polar surface area (TPSA) is 63.8 Å². The molecule has 5 heteroatoms. The van der Waals surface area contributed by atoms with Gasteiger partial charge in [-0.15, -0.1) is 0 Å². The van der Waals surface area contributed by atoms with Crippen LogP contribution >= 0.6 is 15.9 Å². The number of halogens is 1. The minimum atomic E-state index is 0.212. The summed E-state index contributed by atoms with van der Waals surface area (Å²) in [7, 11) is 0. The van der Waals surface area contributed by atoms with Crippen LogP contribution in [-0.2, 0) is 0 Å². The van der Waals surface area contributed by atoms with Crippen molar-refractivity contribution in [1.29, 1.82) is 0 Å². The first-order valence-electron chi connectivity index (χ1n) is 4.15. The van der Waals surface area contributed by atoms with Crippen LogP contribution in [0.3, 0.4) is 0 Å². The number of hydrogen-bond donors (Lipinski definition) is 2. The van der Waals surface area contributed by atoms with E-state index < -0.39 is 0 Å². The van der Waals surface area contributed by atoms with Gasteiger partial charge in [0.25, 0.3) is 0 Å². The fourth-order valence-electron chi connectivity index (χ4n) is 1.07. The number of aromatic nitrogens is 2. The fourth-order valence-corrected chi connectivity index (χ4v) is 1.36. The molecule has 2 rings (SSSR count). The molecule has 0 unspecified atom stereocenters. The van der Waals surface area contributed by atoms with Gasteiger partial charge in [-0.1, -0.05) is 0 Å². The Balaban J connectivity index is 2.23. The molecule has 0 amide bonds. The van der Waals surface area contributed by atoms with E-state index in [0.29, 0.717) is 5.95 Å². The van der Waals surface area contributed by atoms with Crippen molar-refractivity contribution in [3.8, 4) is 0 Å². The largest absolute Gasteiger partial charge is 0.368 e. The van der Waals surface area contributed by atoms with Crippen LogP contribution in [0.25, 0.3) is 0 Å². The third kappa shape index (κ3) is 1.91. The molecule has 1 saturated carbocycles. The van der Waals surface area contributed by atoms with Gasteiger partial charge in [-0.05, 0) is 35.7 Å². The molecule has 4 nitrogen and oxygen atoms in total. The van der Waals surface area contributed by atoms with Crippen LogP contribution in [0.5, 0.6) is 0 Å². The lowest BCUT2D eigenvalue weighted by atomic mass is 10.3. The Kier molecular flexibility index (Phi) is 1.91. The number of anilines is 2. The van der Waals surface area contributed by atoms with E-state index in [-0.39, 0.29) is 5.54 Å². The first-order valence-corrected chi connectivity index (χ1v) is 4.95. The van der Waals surface area contributed by atoms with E-state index in [1.54, 1.807) is 6.20 Å². The van der Waals surface area contributed by atoms with Gasteiger partial charge in [-0.25, -0.2) is 4.98 Å². The second-order valence-corrected chi connectivity index (χ2v) is 4.46. The first kappa shape index (κ1) is 8.74. The van der Waals surface area contributed by atoms with Crippen molar-refractivity contribution in [1.82, 2.24) is 9.97 Å². The van der Waals surface area contributed by atoms with E-state index in [0.717, 1.165) is 10.3 Å². The van der Waals surface area contributed by atoms with Crippen LogP contribution in [0, 0.1) is 0 Å². The molecule has 0 atom stereocenters. The average molecular weight is 243 g/mol. The summed E-state index contributed by atoms with van der Waals surface area (Å²) in [6.07, 6.45) is 4.03. The summed E-state index contributed by atoms with van der Waals surface area (Å²) >= 11 is 3.37. The van der Waals surface area contributed by atoms with E-state index in [4.69, 9.17) is 5.73 Å². The minimum absolute atomic E-state index is 0.212. The zero-order valence-electron chi connectivity index (χ0n) is 7.34. The summed E-state index contributed by atoms with van der Waals surface area (Å²) in [5.41, 5.74) is 5.70. The van der Waals surface area contributed by atoms with Gasteiger partial charge < -0.3 is 11.1 Å². The highest BCUT2D eigenvalue weighted by Crippen LogP contribution is 2.39. The number of rotatable bonds is 2. The van der Waals surface area contributed by atoms with Crippen LogP contribution in [0.4, 0.5) is 11.8 Å². The maximum absolute atomic E-state index is 5.48. The molecule has 0 spiro atoms. The quantitative estimate of drug-likeness (QED) is 0.831. The van der Waals surface area contributed by atoms with Gasteiger partial charge in [0.2, 0.25) is 5.95 Å². The second kappa shape index (κ2) is 2.83. The Morgan fingerprint density at radius 1 is 1.62 bits per heavy atom. The Bertz CT molecular complexity index is 335. The maximum atomic E-state index is 5.48. The third-order valence-corrected chi connectivity index (χ3v) is 2.76. The van der Waals surface area contributed by atoms with Crippen LogP contribution in [0.15, 0.2) is 10.7 Å². The number of nitrogens with zero attached hydrogens (tertiary/aromatic N) is 2. The second-order valence-electron chi connectivity index (χ2n) is 3.61. The fraction of sp³-hybridized carbons (Fsp3) is 0.500. The number of nitrogens with two attached hydrogens (primary N) is 1. The molecule has 1 aromatic heterocycles. The van der Waals surface area contributed by atoms with Crippen molar-refractivity contribution >= 4 is 27.7 Å². The van der Waals surface area contributed by atoms with E-state index in [2.05, 4.69) is 38.1 Å². The molecule has 1 aromatic rings. The lowest BCUT2D eigenvalue weighted by Gasteiger charge is -2.13. The number of nitrogens with one attached hydrogen (secondary N) is 1. The third-order valence-electron chi connectivity index (χ3n) is 2.18. The van der Waals surface area contributed by atoms with Crippen LogP contribution < -0.4 is 11.1 Å². The van der Waals surface area contributed by atoms with Gasteiger partial charge in [-0.2, -0.15) is 4.98 Å². The molecule has 1 fully saturated rings. The van der Waals surface area contributed by atoms with Crippen molar-refractivity contribution in [2.45, 2.75) is 25.3 Å². The van der Waals surface area contributed by atoms with Gasteiger partial charge in [0.15, 0.2) is 0 Å². The predicted molar refractivity (Wildman–Crippen MR) is 55.4 cm³/mol. The number of hydrogen-bond acceptors (Lipinski definition) is 4. The summed E-state index contributed by atoms with van der Waals surface area (Å²) in [6, 6.07) is 0. The van der Waals surface area contributed by atoms with Crippen LogP contribution in [0.1, 0.15) is 19.8 Å². The molecule has 0 saturated heterocycles. The monoisotopic (exact) mass is 242 g/mol. The maximum Gasteiger partial charge on any atom is 0.221 e. The SMILES string of the molecule is CC1(Nc2nc(N)ncc2Br)CC1. The molecular formula is C8H11BrN4. The van der Waals surface area contributed by atoms with Crippen molar-refractivity contribution in [3.05, 3.63) is 10.7 Å². The van der Waals surface area contributed by atoms with Gasteiger partial charge in [0.05, 0.1) is 4.47 Å². The van der Waals surface area contributed by atoms with Crippen LogP contribution in [0.2, 0.25) is 0 Å². The molecule has 1 aliphatic rings. The summed E-state index contributed by atoms with van der Waals surface area (Å²) in [6.45, 7) is 2.16. The lowest BCUT2D eigenvalue weighted by molar-refractivity contribution is 0.818. The smallest absolute Gasteiger partial charge is 0.221 e. The van der Waals surface area contributed by atoms with Crippen molar-refractivity contribution in [3.63, 3.8) is 0 Å². The molecular weight excluding hydrogens is 232 g/mol. The van der Waals surface area contributed by atoms with E-state index in [1.165, 1.54) is 12.8 Å².